The van der Waals surface area contributed by atoms with Crippen LogP contribution < -0.4 is 5.32 Å². The van der Waals surface area contributed by atoms with Gasteiger partial charge in [0.1, 0.15) is 11.4 Å². The first-order chi connectivity index (χ1) is 9.74. The van der Waals surface area contributed by atoms with Gasteiger partial charge >= 0.3 is 5.97 Å². The number of hydrogen-bond acceptors (Lipinski definition) is 4. The second-order valence-electron chi connectivity index (χ2n) is 4.32. The summed E-state index contributed by atoms with van der Waals surface area (Å²) in [6, 6.07) is 13.1. The molecule has 0 aliphatic carbocycles. The monoisotopic (exact) mass is 284 g/mol. The van der Waals surface area contributed by atoms with Gasteiger partial charge in [-0.15, -0.1) is 11.3 Å². The minimum atomic E-state index is -0.975. The van der Waals surface area contributed by atoms with Crippen molar-refractivity contribution in [2.24, 2.45) is 0 Å². The lowest BCUT2D eigenvalue weighted by Crippen LogP contribution is -2.08. The first-order valence-corrected chi connectivity index (χ1v) is 7.01. The number of fused-ring (bicyclic) bond motifs is 1. The van der Waals surface area contributed by atoms with Gasteiger partial charge in [-0.05, 0) is 23.6 Å². The van der Waals surface area contributed by atoms with Crippen LogP contribution in [0.3, 0.4) is 0 Å². The van der Waals surface area contributed by atoms with Gasteiger partial charge in [0.25, 0.3) is 0 Å². The molecule has 0 unspecified atom stereocenters. The van der Waals surface area contributed by atoms with E-state index >= 15 is 0 Å². The van der Waals surface area contributed by atoms with E-state index < -0.39 is 5.97 Å². The summed E-state index contributed by atoms with van der Waals surface area (Å²) in [5.74, 6) is -0.568. The number of nitrogens with zero attached hydrogens (tertiary/aromatic N) is 1. The number of carboxylic acids is 1. The molecule has 0 saturated carbocycles. The summed E-state index contributed by atoms with van der Waals surface area (Å²) in [5.41, 5.74) is 0.978. The zero-order valence-electron chi connectivity index (χ0n) is 10.5. The molecule has 0 saturated heterocycles. The second kappa shape index (κ2) is 5.30. The molecule has 0 aliphatic heterocycles. The number of hydrogen-bond donors (Lipinski definition) is 2. The van der Waals surface area contributed by atoms with Crippen molar-refractivity contribution in [3.8, 4) is 0 Å². The van der Waals surface area contributed by atoms with Crippen LogP contribution in [0.25, 0.3) is 10.9 Å². The normalized spacial score (nSPS) is 10.6. The van der Waals surface area contributed by atoms with Crippen molar-refractivity contribution in [3.63, 3.8) is 0 Å². The van der Waals surface area contributed by atoms with Crippen molar-refractivity contribution in [2.45, 2.75) is 6.54 Å². The van der Waals surface area contributed by atoms with Crippen molar-refractivity contribution in [3.05, 3.63) is 58.3 Å². The molecule has 5 heteroatoms. The quantitative estimate of drug-likeness (QED) is 0.768. The van der Waals surface area contributed by atoms with Crippen LogP contribution in [-0.2, 0) is 6.54 Å². The van der Waals surface area contributed by atoms with Crippen molar-refractivity contribution in [1.82, 2.24) is 4.98 Å². The lowest BCUT2D eigenvalue weighted by Gasteiger charge is -2.09. The maximum atomic E-state index is 11.3. The second-order valence-corrected chi connectivity index (χ2v) is 5.35. The van der Waals surface area contributed by atoms with Crippen LogP contribution in [0, 0.1) is 0 Å². The number of aromatic nitrogens is 1. The summed E-state index contributed by atoms with van der Waals surface area (Å²) in [6.45, 7) is 0.573. The van der Waals surface area contributed by atoms with Crippen LogP contribution in [0.2, 0.25) is 0 Å². The number of thiophene rings is 1. The van der Waals surface area contributed by atoms with Crippen LogP contribution in [0.1, 0.15) is 15.2 Å². The highest BCUT2D eigenvalue weighted by Gasteiger charge is 2.13. The molecule has 0 aliphatic rings. The Kier molecular flexibility index (Phi) is 3.35. The summed E-state index contributed by atoms with van der Waals surface area (Å²) in [5, 5.41) is 15.2. The lowest BCUT2D eigenvalue weighted by molar-refractivity contribution is 0.0697. The largest absolute Gasteiger partial charge is 0.478 e. The third kappa shape index (κ3) is 2.48. The first kappa shape index (κ1) is 12.6. The van der Waals surface area contributed by atoms with Crippen LogP contribution in [0.5, 0.6) is 0 Å². The SMILES string of the molecule is O=C(O)c1cc2ccccc2nc1NCc1cccs1. The Morgan fingerprint density at radius 1 is 1.25 bits per heavy atom. The third-order valence-electron chi connectivity index (χ3n) is 2.96. The van der Waals surface area contributed by atoms with E-state index in [0.29, 0.717) is 12.4 Å². The molecule has 0 amide bonds. The number of aromatic carboxylic acids is 1. The standard InChI is InChI=1S/C15H12N2O2S/c18-15(19)12-8-10-4-1-2-6-13(10)17-14(12)16-9-11-5-3-7-20-11/h1-8H,9H2,(H,16,17)(H,18,19). The third-order valence-corrected chi connectivity index (χ3v) is 3.84. The molecule has 3 aromatic rings. The number of carboxylic acid groups (broad SMARTS) is 1. The molecule has 2 heterocycles. The Hall–Kier alpha value is -2.40. The molecule has 20 heavy (non-hydrogen) atoms. The van der Waals surface area contributed by atoms with Crippen molar-refractivity contribution < 1.29 is 9.90 Å². The van der Waals surface area contributed by atoms with Gasteiger partial charge in [0.05, 0.1) is 12.1 Å². The molecule has 1 aromatic carbocycles. The Bertz CT molecular complexity index is 754. The zero-order chi connectivity index (χ0) is 13.9. The highest BCUT2D eigenvalue weighted by Crippen LogP contribution is 2.21. The Balaban J connectivity index is 1.98. The van der Waals surface area contributed by atoms with Gasteiger partial charge in [-0.3, -0.25) is 0 Å². The predicted octanol–water partition coefficient (Wildman–Crippen LogP) is 3.61. The summed E-state index contributed by atoms with van der Waals surface area (Å²) < 4.78 is 0. The highest BCUT2D eigenvalue weighted by atomic mass is 32.1. The topological polar surface area (TPSA) is 62.2 Å². The summed E-state index contributed by atoms with van der Waals surface area (Å²) >= 11 is 1.62. The number of benzene rings is 1. The minimum absolute atomic E-state index is 0.195. The number of rotatable bonds is 4. The Morgan fingerprint density at radius 3 is 2.85 bits per heavy atom. The van der Waals surface area contributed by atoms with Crippen LogP contribution in [0.15, 0.2) is 47.8 Å². The molecule has 4 nitrogen and oxygen atoms in total. The number of carbonyl (C=O) groups is 1. The highest BCUT2D eigenvalue weighted by molar-refractivity contribution is 7.09. The van der Waals surface area contributed by atoms with Gasteiger partial charge in [-0.1, -0.05) is 24.3 Å². The fourth-order valence-corrected chi connectivity index (χ4v) is 2.64. The van der Waals surface area contributed by atoms with Crippen molar-refractivity contribution >= 4 is 34.0 Å². The molecule has 0 bridgehead atoms. The Labute approximate surface area is 119 Å². The molecule has 3 rings (SSSR count). The summed E-state index contributed by atoms with van der Waals surface area (Å²) in [7, 11) is 0. The van der Waals surface area contributed by atoms with Crippen LogP contribution >= 0.6 is 11.3 Å². The molecule has 0 atom stereocenters. The molecule has 2 aromatic heterocycles. The van der Waals surface area contributed by atoms with E-state index in [0.717, 1.165) is 15.8 Å². The molecule has 100 valence electrons. The van der Waals surface area contributed by atoms with Gasteiger partial charge in [-0.25, -0.2) is 9.78 Å². The smallest absolute Gasteiger partial charge is 0.339 e. The zero-order valence-corrected chi connectivity index (χ0v) is 11.4. The molecular formula is C15H12N2O2S. The average Bonchev–Trinajstić information content (AvgIpc) is 2.97. The van der Waals surface area contributed by atoms with E-state index in [9.17, 15) is 9.90 Å². The van der Waals surface area contributed by atoms with Crippen molar-refractivity contribution in [1.29, 1.82) is 0 Å². The average molecular weight is 284 g/mol. The maximum Gasteiger partial charge on any atom is 0.339 e. The van der Waals surface area contributed by atoms with Gasteiger partial charge in [0.2, 0.25) is 0 Å². The van der Waals surface area contributed by atoms with E-state index in [1.165, 1.54) is 0 Å². The summed E-state index contributed by atoms with van der Waals surface area (Å²) in [4.78, 5) is 16.9. The number of anilines is 1. The van der Waals surface area contributed by atoms with Crippen LogP contribution in [-0.4, -0.2) is 16.1 Å². The molecule has 0 radical (unpaired) electrons. The van der Waals surface area contributed by atoms with E-state index in [2.05, 4.69) is 10.3 Å². The van der Waals surface area contributed by atoms with Crippen molar-refractivity contribution in [2.75, 3.05) is 5.32 Å². The number of nitrogens with one attached hydrogen (secondary N) is 1. The fraction of sp³-hybridized carbons (Fsp3) is 0.0667. The van der Waals surface area contributed by atoms with E-state index in [4.69, 9.17) is 0 Å². The first-order valence-electron chi connectivity index (χ1n) is 6.13. The van der Waals surface area contributed by atoms with Gasteiger partial charge < -0.3 is 10.4 Å². The maximum absolute atomic E-state index is 11.3. The molecule has 0 fully saturated rings. The fourth-order valence-electron chi connectivity index (χ4n) is 2.00. The minimum Gasteiger partial charge on any atom is -0.478 e. The van der Waals surface area contributed by atoms with Gasteiger partial charge in [-0.2, -0.15) is 0 Å². The van der Waals surface area contributed by atoms with Gasteiger partial charge in [0, 0.05) is 10.3 Å². The van der Waals surface area contributed by atoms with Crippen LogP contribution in [0.4, 0.5) is 5.82 Å². The lowest BCUT2D eigenvalue weighted by atomic mass is 10.1. The molecular weight excluding hydrogens is 272 g/mol. The predicted molar refractivity (Wildman–Crippen MR) is 80.3 cm³/mol. The number of pyridine rings is 1. The summed E-state index contributed by atoms with van der Waals surface area (Å²) in [6.07, 6.45) is 0. The van der Waals surface area contributed by atoms with E-state index in [-0.39, 0.29) is 5.56 Å². The molecule has 0 spiro atoms. The molecule has 2 N–H and O–H groups in total. The van der Waals surface area contributed by atoms with E-state index in [1.54, 1.807) is 17.4 Å². The Morgan fingerprint density at radius 2 is 2.10 bits per heavy atom. The van der Waals surface area contributed by atoms with E-state index in [1.807, 2.05) is 41.8 Å². The number of para-hydroxylation sites is 1. The van der Waals surface area contributed by atoms with Gasteiger partial charge in [0.15, 0.2) is 0 Å².